The first kappa shape index (κ1) is 14.3. The molecule has 0 aromatic heterocycles. The van der Waals surface area contributed by atoms with Crippen molar-refractivity contribution in [2.45, 2.75) is 63.1 Å². The van der Waals surface area contributed by atoms with E-state index < -0.39 is 21.2 Å². The van der Waals surface area contributed by atoms with Crippen molar-refractivity contribution in [3.05, 3.63) is 0 Å². The Labute approximate surface area is 119 Å². The van der Waals surface area contributed by atoms with Crippen LogP contribution in [0, 0.1) is 5.41 Å². The van der Waals surface area contributed by atoms with Gasteiger partial charge < -0.3 is 9.84 Å². The SMILES string of the molecule is O=C(O)C1(CC2CCC3(CCCC3)O2)CCS(=O)(=O)C1. The number of carboxylic acids is 1. The van der Waals surface area contributed by atoms with Crippen molar-refractivity contribution in [2.75, 3.05) is 11.5 Å². The summed E-state index contributed by atoms with van der Waals surface area (Å²) in [4.78, 5) is 11.6. The Hall–Kier alpha value is -0.620. The Kier molecular flexibility index (Phi) is 3.36. The highest BCUT2D eigenvalue weighted by atomic mass is 32.2. The van der Waals surface area contributed by atoms with Gasteiger partial charge in [0.15, 0.2) is 9.84 Å². The van der Waals surface area contributed by atoms with Crippen LogP contribution in [0.3, 0.4) is 0 Å². The van der Waals surface area contributed by atoms with Gasteiger partial charge in [0.1, 0.15) is 0 Å². The second-order valence-corrected chi connectivity index (χ2v) is 8.98. The third-order valence-corrected chi connectivity index (χ3v) is 7.13. The van der Waals surface area contributed by atoms with E-state index in [9.17, 15) is 18.3 Å². The van der Waals surface area contributed by atoms with Crippen LogP contribution in [0.2, 0.25) is 0 Å². The van der Waals surface area contributed by atoms with Crippen LogP contribution in [-0.4, -0.2) is 42.7 Å². The molecule has 2 heterocycles. The maximum Gasteiger partial charge on any atom is 0.310 e. The number of rotatable bonds is 3. The molecule has 3 rings (SSSR count). The number of hydrogen-bond donors (Lipinski definition) is 1. The molecule has 3 aliphatic rings. The first-order valence-electron chi connectivity index (χ1n) is 7.47. The van der Waals surface area contributed by atoms with Crippen LogP contribution in [0.25, 0.3) is 0 Å². The van der Waals surface area contributed by atoms with Crippen LogP contribution >= 0.6 is 0 Å². The largest absolute Gasteiger partial charge is 0.481 e. The second kappa shape index (κ2) is 4.70. The summed E-state index contributed by atoms with van der Waals surface area (Å²) in [5.74, 6) is -1.20. The van der Waals surface area contributed by atoms with E-state index in [0.29, 0.717) is 6.42 Å². The van der Waals surface area contributed by atoms with Gasteiger partial charge in [-0.3, -0.25) is 4.79 Å². The number of sulfone groups is 1. The van der Waals surface area contributed by atoms with Gasteiger partial charge in [0.2, 0.25) is 0 Å². The molecule has 0 amide bonds. The van der Waals surface area contributed by atoms with Crippen LogP contribution < -0.4 is 0 Å². The minimum absolute atomic E-state index is 0.00281. The average Bonchev–Trinajstić information content (AvgIpc) is 3.03. The van der Waals surface area contributed by atoms with E-state index in [2.05, 4.69) is 0 Å². The predicted octanol–water partition coefficient (Wildman–Crippen LogP) is 1.76. The summed E-state index contributed by atoms with van der Waals surface area (Å²) in [6.07, 6.45) is 6.88. The Morgan fingerprint density at radius 2 is 1.90 bits per heavy atom. The van der Waals surface area contributed by atoms with Gasteiger partial charge in [-0.25, -0.2) is 8.42 Å². The molecule has 0 radical (unpaired) electrons. The molecule has 2 aliphatic heterocycles. The summed E-state index contributed by atoms with van der Waals surface area (Å²) in [7, 11) is -3.20. The van der Waals surface area contributed by atoms with E-state index in [1.165, 1.54) is 12.8 Å². The lowest BCUT2D eigenvalue weighted by Crippen LogP contribution is -2.37. The van der Waals surface area contributed by atoms with Crippen LogP contribution in [0.4, 0.5) is 0 Å². The van der Waals surface area contributed by atoms with Crippen molar-refractivity contribution >= 4 is 15.8 Å². The van der Waals surface area contributed by atoms with Crippen molar-refractivity contribution in [3.8, 4) is 0 Å². The number of carbonyl (C=O) groups is 1. The van der Waals surface area contributed by atoms with Gasteiger partial charge in [0.05, 0.1) is 28.6 Å². The topological polar surface area (TPSA) is 80.7 Å². The van der Waals surface area contributed by atoms with Gasteiger partial charge in [0, 0.05) is 0 Å². The normalized spacial score (nSPS) is 38.5. The molecule has 20 heavy (non-hydrogen) atoms. The van der Waals surface area contributed by atoms with Crippen LogP contribution in [0.5, 0.6) is 0 Å². The van der Waals surface area contributed by atoms with E-state index in [-0.39, 0.29) is 29.6 Å². The third-order valence-electron chi connectivity index (χ3n) is 5.31. The number of carboxylic acid groups (broad SMARTS) is 1. The molecular weight excluding hydrogens is 280 g/mol. The van der Waals surface area contributed by atoms with E-state index in [1.54, 1.807) is 0 Å². The maximum atomic E-state index is 11.7. The highest BCUT2D eigenvalue weighted by Crippen LogP contribution is 2.47. The molecule has 1 N–H and O–H groups in total. The molecule has 1 aliphatic carbocycles. The number of hydrogen-bond acceptors (Lipinski definition) is 4. The van der Waals surface area contributed by atoms with Crippen molar-refractivity contribution in [2.24, 2.45) is 5.41 Å². The van der Waals surface area contributed by atoms with Gasteiger partial charge >= 0.3 is 5.97 Å². The smallest absolute Gasteiger partial charge is 0.310 e. The molecule has 0 aromatic rings. The second-order valence-electron chi connectivity index (χ2n) is 6.80. The molecule has 0 bridgehead atoms. The maximum absolute atomic E-state index is 11.7. The molecule has 2 saturated heterocycles. The lowest BCUT2D eigenvalue weighted by molar-refractivity contribution is -0.150. The fraction of sp³-hybridized carbons (Fsp3) is 0.929. The molecule has 0 aromatic carbocycles. The van der Waals surface area contributed by atoms with E-state index >= 15 is 0 Å². The highest BCUT2D eigenvalue weighted by molar-refractivity contribution is 7.91. The zero-order chi connectivity index (χ0) is 14.4. The van der Waals surface area contributed by atoms with Crippen LogP contribution in [0.15, 0.2) is 0 Å². The number of ether oxygens (including phenoxy) is 1. The van der Waals surface area contributed by atoms with Gasteiger partial charge in [-0.1, -0.05) is 12.8 Å². The minimum atomic E-state index is -3.20. The average molecular weight is 302 g/mol. The molecule has 3 fully saturated rings. The summed E-state index contributed by atoms with van der Waals surface area (Å²) in [6.45, 7) is 0. The van der Waals surface area contributed by atoms with Crippen molar-refractivity contribution in [1.82, 2.24) is 0 Å². The first-order chi connectivity index (χ1) is 9.35. The molecule has 2 unspecified atom stereocenters. The molecule has 2 atom stereocenters. The molecular formula is C14H22O5S. The Morgan fingerprint density at radius 3 is 2.45 bits per heavy atom. The summed E-state index contributed by atoms with van der Waals surface area (Å²) < 4.78 is 29.5. The van der Waals surface area contributed by atoms with Gasteiger partial charge in [-0.05, 0) is 38.5 Å². The molecule has 114 valence electrons. The summed E-state index contributed by atoms with van der Waals surface area (Å²) in [5.41, 5.74) is -1.14. The fourth-order valence-electron chi connectivity index (χ4n) is 4.20. The minimum Gasteiger partial charge on any atom is -0.481 e. The van der Waals surface area contributed by atoms with Crippen molar-refractivity contribution in [3.63, 3.8) is 0 Å². The van der Waals surface area contributed by atoms with Crippen LogP contribution in [-0.2, 0) is 19.4 Å². The number of aliphatic carboxylic acids is 1. The predicted molar refractivity (Wildman–Crippen MR) is 73.3 cm³/mol. The third kappa shape index (κ3) is 2.48. The summed E-state index contributed by atoms with van der Waals surface area (Å²) in [6, 6.07) is 0. The summed E-state index contributed by atoms with van der Waals surface area (Å²) >= 11 is 0. The molecule has 6 heteroatoms. The van der Waals surface area contributed by atoms with Gasteiger partial charge in [0.25, 0.3) is 0 Å². The monoisotopic (exact) mass is 302 g/mol. The lowest BCUT2D eigenvalue weighted by Gasteiger charge is -2.28. The van der Waals surface area contributed by atoms with Crippen LogP contribution in [0.1, 0.15) is 51.4 Å². The van der Waals surface area contributed by atoms with Gasteiger partial charge in [-0.2, -0.15) is 0 Å². The highest BCUT2D eigenvalue weighted by Gasteiger charge is 2.52. The summed E-state index contributed by atoms with van der Waals surface area (Å²) in [5, 5.41) is 9.49. The van der Waals surface area contributed by atoms with E-state index in [4.69, 9.17) is 4.74 Å². The molecule has 1 saturated carbocycles. The Morgan fingerprint density at radius 1 is 1.20 bits per heavy atom. The van der Waals surface area contributed by atoms with Gasteiger partial charge in [-0.15, -0.1) is 0 Å². The molecule has 5 nitrogen and oxygen atoms in total. The standard InChI is InChI=1S/C14H22O5S/c15-12(16)13(7-8-20(17,18)10-13)9-11-3-6-14(19-11)4-1-2-5-14/h11H,1-10H2,(H,15,16). The first-order valence-corrected chi connectivity index (χ1v) is 9.29. The lowest BCUT2D eigenvalue weighted by atomic mass is 9.81. The van der Waals surface area contributed by atoms with Crippen molar-refractivity contribution < 1.29 is 23.1 Å². The molecule has 1 spiro atoms. The zero-order valence-corrected chi connectivity index (χ0v) is 12.5. The Balaban J connectivity index is 1.71. The van der Waals surface area contributed by atoms with E-state index in [0.717, 1.165) is 25.7 Å². The van der Waals surface area contributed by atoms with E-state index in [1.807, 2.05) is 0 Å². The Bertz CT molecular complexity index is 506. The van der Waals surface area contributed by atoms with Crippen molar-refractivity contribution in [1.29, 1.82) is 0 Å². The fourth-order valence-corrected chi connectivity index (χ4v) is 6.27. The zero-order valence-electron chi connectivity index (χ0n) is 11.6. The quantitative estimate of drug-likeness (QED) is 0.859.